The fourth-order valence-corrected chi connectivity index (χ4v) is 1.52. The van der Waals surface area contributed by atoms with E-state index in [-0.39, 0.29) is 5.91 Å². The van der Waals surface area contributed by atoms with Crippen molar-refractivity contribution in [1.82, 2.24) is 4.90 Å². The Morgan fingerprint density at radius 3 is 2.65 bits per heavy atom. The average molecular weight is 236 g/mol. The van der Waals surface area contributed by atoms with Crippen LogP contribution in [0.3, 0.4) is 0 Å². The number of aliphatic hydroxyl groups is 1. The Hall–Kier alpha value is -1.55. The van der Waals surface area contributed by atoms with Gasteiger partial charge in [0.2, 0.25) is 5.91 Å². The van der Waals surface area contributed by atoms with E-state index in [0.29, 0.717) is 18.5 Å². The van der Waals surface area contributed by atoms with Crippen LogP contribution in [0.5, 0.6) is 0 Å². The molecule has 0 saturated carbocycles. The molecular weight excluding hydrogens is 216 g/mol. The zero-order valence-corrected chi connectivity index (χ0v) is 10.6. The Balaban J connectivity index is 2.61. The van der Waals surface area contributed by atoms with Gasteiger partial charge in [-0.1, -0.05) is 12.1 Å². The zero-order valence-electron chi connectivity index (χ0n) is 10.6. The molecule has 0 aliphatic heterocycles. The van der Waals surface area contributed by atoms with Crippen LogP contribution < -0.4 is 5.73 Å². The number of carbonyl (C=O) groups is 1. The number of aliphatic hydroxyl groups excluding tert-OH is 1. The van der Waals surface area contributed by atoms with Gasteiger partial charge >= 0.3 is 0 Å². The summed E-state index contributed by atoms with van der Waals surface area (Å²) in [6, 6.07) is 5.48. The van der Waals surface area contributed by atoms with E-state index in [1.807, 2.05) is 19.1 Å². The topological polar surface area (TPSA) is 66.6 Å². The number of hydrogen-bond acceptors (Lipinski definition) is 3. The molecule has 4 nitrogen and oxygen atoms in total. The van der Waals surface area contributed by atoms with Crippen molar-refractivity contribution in [3.63, 3.8) is 0 Å². The predicted molar refractivity (Wildman–Crippen MR) is 68.5 cm³/mol. The van der Waals surface area contributed by atoms with Gasteiger partial charge in [-0.2, -0.15) is 0 Å². The van der Waals surface area contributed by atoms with Crippen molar-refractivity contribution >= 4 is 11.6 Å². The highest BCUT2D eigenvalue weighted by molar-refractivity contribution is 5.75. The largest absolute Gasteiger partial charge is 0.399 e. The molecule has 0 bridgehead atoms. The standard InChI is InChI=1S/C13H20N2O2/c1-9-4-5-10(8-11(9)14)12(16)6-7-13(17)15(2)3/h4-5,8,12,16H,6-7,14H2,1-3H3. The maximum atomic E-state index is 11.4. The summed E-state index contributed by atoms with van der Waals surface area (Å²) in [5.41, 5.74) is 8.20. The third-order valence-electron chi connectivity index (χ3n) is 2.82. The van der Waals surface area contributed by atoms with Crippen LogP contribution in [0.4, 0.5) is 5.69 Å². The molecule has 0 aromatic heterocycles. The Labute approximate surface area is 102 Å². The fraction of sp³-hybridized carbons (Fsp3) is 0.462. The second kappa shape index (κ2) is 5.68. The molecule has 1 unspecified atom stereocenters. The minimum atomic E-state index is -0.637. The summed E-state index contributed by atoms with van der Waals surface area (Å²) in [6.45, 7) is 1.92. The third-order valence-corrected chi connectivity index (χ3v) is 2.82. The third kappa shape index (κ3) is 3.75. The average Bonchev–Trinajstić information content (AvgIpc) is 2.28. The molecule has 0 aliphatic carbocycles. The van der Waals surface area contributed by atoms with Gasteiger partial charge in [0.1, 0.15) is 0 Å². The predicted octanol–water partition coefficient (Wildman–Crippen LogP) is 1.48. The highest BCUT2D eigenvalue weighted by atomic mass is 16.3. The molecule has 3 N–H and O–H groups in total. The lowest BCUT2D eigenvalue weighted by Crippen LogP contribution is -2.21. The quantitative estimate of drug-likeness (QED) is 0.778. The molecule has 1 rings (SSSR count). The lowest BCUT2D eigenvalue weighted by atomic mass is 10.0. The Morgan fingerprint density at radius 1 is 1.47 bits per heavy atom. The van der Waals surface area contributed by atoms with Crippen LogP contribution in [0.2, 0.25) is 0 Å². The fourth-order valence-electron chi connectivity index (χ4n) is 1.52. The van der Waals surface area contributed by atoms with Crippen LogP contribution in [0.15, 0.2) is 18.2 Å². The highest BCUT2D eigenvalue weighted by Gasteiger charge is 2.12. The van der Waals surface area contributed by atoms with Gasteiger partial charge in [-0.25, -0.2) is 0 Å². The van der Waals surface area contributed by atoms with E-state index in [0.717, 1.165) is 11.1 Å². The molecular formula is C13H20N2O2. The molecule has 17 heavy (non-hydrogen) atoms. The number of hydrogen-bond donors (Lipinski definition) is 2. The van der Waals surface area contributed by atoms with Gasteiger partial charge < -0.3 is 15.7 Å². The van der Waals surface area contributed by atoms with Crippen molar-refractivity contribution in [3.8, 4) is 0 Å². The van der Waals surface area contributed by atoms with Crippen molar-refractivity contribution < 1.29 is 9.90 Å². The van der Waals surface area contributed by atoms with Gasteiger partial charge in [-0.15, -0.1) is 0 Å². The number of anilines is 1. The maximum Gasteiger partial charge on any atom is 0.222 e. The first kappa shape index (κ1) is 13.5. The molecule has 1 aromatic rings. The number of nitrogen functional groups attached to an aromatic ring is 1. The zero-order chi connectivity index (χ0) is 13.0. The van der Waals surface area contributed by atoms with E-state index in [4.69, 9.17) is 5.73 Å². The van der Waals surface area contributed by atoms with E-state index in [1.165, 1.54) is 4.90 Å². The molecule has 0 aliphatic rings. The number of nitrogens with two attached hydrogens (primary N) is 1. The van der Waals surface area contributed by atoms with Crippen molar-refractivity contribution in [2.75, 3.05) is 19.8 Å². The highest BCUT2D eigenvalue weighted by Crippen LogP contribution is 2.22. The van der Waals surface area contributed by atoms with Gasteiger partial charge in [0.15, 0.2) is 0 Å². The van der Waals surface area contributed by atoms with Crippen molar-refractivity contribution in [3.05, 3.63) is 29.3 Å². The second-order valence-electron chi connectivity index (χ2n) is 4.46. The molecule has 0 fully saturated rings. The molecule has 0 heterocycles. The van der Waals surface area contributed by atoms with Crippen molar-refractivity contribution in [2.24, 2.45) is 0 Å². The van der Waals surface area contributed by atoms with Gasteiger partial charge in [-0.3, -0.25) is 4.79 Å². The van der Waals surface area contributed by atoms with Crippen LogP contribution >= 0.6 is 0 Å². The molecule has 0 spiro atoms. The van der Waals surface area contributed by atoms with E-state index < -0.39 is 6.10 Å². The second-order valence-corrected chi connectivity index (χ2v) is 4.46. The van der Waals surface area contributed by atoms with Gasteiger partial charge in [-0.05, 0) is 30.5 Å². The van der Waals surface area contributed by atoms with E-state index in [9.17, 15) is 9.90 Å². The normalized spacial score (nSPS) is 12.2. The Bertz CT molecular complexity index is 402. The number of nitrogens with zero attached hydrogens (tertiary/aromatic N) is 1. The molecule has 1 aromatic carbocycles. The summed E-state index contributed by atoms with van der Waals surface area (Å²) < 4.78 is 0. The van der Waals surface area contributed by atoms with E-state index in [2.05, 4.69) is 0 Å². The SMILES string of the molecule is Cc1ccc(C(O)CCC(=O)N(C)C)cc1N. The summed E-state index contributed by atoms with van der Waals surface area (Å²) in [5, 5.41) is 9.94. The van der Waals surface area contributed by atoms with Crippen molar-refractivity contribution in [1.29, 1.82) is 0 Å². The first-order valence-electron chi connectivity index (χ1n) is 5.66. The molecule has 4 heteroatoms. The van der Waals surface area contributed by atoms with Crippen LogP contribution in [-0.4, -0.2) is 30.0 Å². The smallest absolute Gasteiger partial charge is 0.222 e. The number of amides is 1. The van der Waals surface area contributed by atoms with Crippen molar-refractivity contribution in [2.45, 2.75) is 25.9 Å². The van der Waals surface area contributed by atoms with Gasteiger partial charge in [0, 0.05) is 26.2 Å². The van der Waals surface area contributed by atoms with Crippen LogP contribution in [0.1, 0.15) is 30.1 Å². The number of aryl methyl sites for hydroxylation is 1. The number of rotatable bonds is 4. The molecule has 0 saturated heterocycles. The molecule has 0 radical (unpaired) electrons. The Morgan fingerprint density at radius 2 is 2.12 bits per heavy atom. The van der Waals surface area contributed by atoms with E-state index in [1.54, 1.807) is 20.2 Å². The van der Waals surface area contributed by atoms with E-state index >= 15 is 0 Å². The summed E-state index contributed by atoms with van der Waals surface area (Å²) in [7, 11) is 3.41. The summed E-state index contributed by atoms with van der Waals surface area (Å²) >= 11 is 0. The molecule has 1 amide bonds. The first-order chi connectivity index (χ1) is 7.91. The Kier molecular flexibility index (Phi) is 4.52. The van der Waals surface area contributed by atoms with Gasteiger partial charge in [0.05, 0.1) is 6.10 Å². The summed E-state index contributed by atoms with van der Waals surface area (Å²) in [6.07, 6.45) is 0.114. The minimum absolute atomic E-state index is 0.0177. The van der Waals surface area contributed by atoms with Gasteiger partial charge in [0.25, 0.3) is 0 Å². The number of carbonyl (C=O) groups excluding carboxylic acids is 1. The van der Waals surface area contributed by atoms with Crippen LogP contribution in [0, 0.1) is 6.92 Å². The number of benzene rings is 1. The summed E-state index contributed by atoms with van der Waals surface area (Å²) in [4.78, 5) is 12.9. The lowest BCUT2D eigenvalue weighted by Gasteiger charge is -2.14. The van der Waals surface area contributed by atoms with Crippen LogP contribution in [0.25, 0.3) is 0 Å². The van der Waals surface area contributed by atoms with Crippen LogP contribution in [-0.2, 0) is 4.79 Å². The summed E-state index contributed by atoms with van der Waals surface area (Å²) in [5.74, 6) is 0.0177. The molecule has 1 atom stereocenters. The first-order valence-corrected chi connectivity index (χ1v) is 5.66. The lowest BCUT2D eigenvalue weighted by molar-refractivity contribution is -0.129. The maximum absolute atomic E-state index is 11.4. The molecule has 94 valence electrons. The minimum Gasteiger partial charge on any atom is -0.399 e. The monoisotopic (exact) mass is 236 g/mol.